The molecule has 0 spiro atoms. The highest BCUT2D eigenvalue weighted by Gasteiger charge is 2.60. The summed E-state index contributed by atoms with van der Waals surface area (Å²) in [7, 11) is 0. The van der Waals surface area contributed by atoms with Gasteiger partial charge in [0.15, 0.2) is 0 Å². The van der Waals surface area contributed by atoms with Crippen molar-refractivity contribution >= 4 is 40.6 Å². The second kappa shape index (κ2) is 9.97. The van der Waals surface area contributed by atoms with Crippen molar-refractivity contribution in [3.63, 3.8) is 0 Å². The van der Waals surface area contributed by atoms with Gasteiger partial charge in [0, 0.05) is 27.6 Å². The van der Waals surface area contributed by atoms with Crippen LogP contribution in [0.2, 0.25) is 10.0 Å². The van der Waals surface area contributed by atoms with Gasteiger partial charge in [-0.3, -0.25) is 14.4 Å². The molecular weight excluding hydrogens is 565 g/mol. The van der Waals surface area contributed by atoms with Gasteiger partial charge in [-0.1, -0.05) is 35.3 Å². The fraction of sp³-hybridized carbons (Fsp3) is 0.333. The Morgan fingerprint density at radius 2 is 1.76 bits per heavy atom. The average Bonchev–Trinajstić information content (AvgIpc) is 3.38. The van der Waals surface area contributed by atoms with E-state index in [1.54, 1.807) is 0 Å². The molecule has 1 fully saturated rings. The summed E-state index contributed by atoms with van der Waals surface area (Å²) in [5.74, 6) is -1.82. The fourth-order valence-electron chi connectivity index (χ4n) is 4.20. The van der Waals surface area contributed by atoms with Gasteiger partial charge < -0.3 is 10.1 Å². The van der Waals surface area contributed by atoms with Gasteiger partial charge in [0.05, 0.1) is 6.26 Å². The van der Waals surface area contributed by atoms with Crippen molar-refractivity contribution in [2.24, 2.45) is 0 Å². The van der Waals surface area contributed by atoms with E-state index < -0.39 is 55.4 Å². The van der Waals surface area contributed by atoms with Crippen LogP contribution in [0.5, 0.6) is 0 Å². The molecule has 0 bridgehead atoms. The van der Waals surface area contributed by atoms with E-state index in [1.807, 2.05) is 0 Å². The Bertz CT molecular complexity index is 1290. The van der Waals surface area contributed by atoms with Crippen LogP contribution in [0.4, 0.5) is 26.3 Å². The summed E-state index contributed by atoms with van der Waals surface area (Å²) >= 11 is 11.8. The number of carbonyl (C=O) groups is 2. The summed E-state index contributed by atoms with van der Waals surface area (Å²) in [5, 5.41) is 2.47. The van der Waals surface area contributed by atoms with Crippen LogP contribution < -0.4 is 5.32 Å². The number of halogens is 8. The number of aryl methyl sites for hydroxylation is 1. The number of nitrogens with zero attached hydrogens (tertiary/aromatic N) is 1. The van der Waals surface area contributed by atoms with Crippen LogP contribution in [0.15, 0.2) is 42.7 Å². The number of benzene rings is 2. The molecule has 2 aromatic rings. The monoisotopic (exact) mass is 582 g/mol. The molecule has 2 heterocycles. The number of hydrogen-bond donors (Lipinski definition) is 1. The maximum absolute atomic E-state index is 14.2. The molecule has 1 saturated heterocycles. The molecule has 2 aromatic carbocycles. The third-order valence-corrected chi connectivity index (χ3v) is 6.48. The molecule has 2 aliphatic heterocycles. The number of rotatable bonds is 5. The molecule has 2 amide bonds. The Morgan fingerprint density at radius 1 is 1.11 bits per heavy atom. The number of ether oxygens (including phenoxy) is 1. The van der Waals surface area contributed by atoms with Gasteiger partial charge in [-0.25, -0.2) is 5.06 Å². The number of carbonyl (C=O) groups excluding carboxylic acids is 2. The molecule has 0 aromatic heterocycles. The maximum atomic E-state index is 14.2. The minimum atomic E-state index is -4.83. The van der Waals surface area contributed by atoms with E-state index in [4.69, 9.17) is 32.8 Å². The molecule has 14 heteroatoms. The smallest absolute Gasteiger partial charge is 0.432 e. The summed E-state index contributed by atoms with van der Waals surface area (Å²) in [5.41, 5.74) is -2.06. The number of hydrogen-bond acceptors (Lipinski definition) is 4. The van der Waals surface area contributed by atoms with E-state index in [1.165, 1.54) is 31.2 Å². The predicted octanol–water partition coefficient (Wildman–Crippen LogP) is 5.96. The van der Waals surface area contributed by atoms with Crippen LogP contribution in [0.25, 0.3) is 5.57 Å². The number of alkyl halides is 6. The Balaban J connectivity index is 1.51. The standard InChI is InChI=1S/C24H18Cl2F6N2O4/c1-12-4-13(2-3-18(12)20(35)33-19-10-38-34(21(19)36)11-23(27,28)29)14-8-22(37-9-14,24(30,31)32)15-5-16(25)7-17(26)6-15/h2-7,9,19H,8,10-11H2,1H3,(H,33,35)/t19-,22?/m0/s1. The van der Waals surface area contributed by atoms with E-state index in [9.17, 15) is 35.9 Å². The molecular formula is C24H18Cl2F6N2O4. The molecule has 0 saturated carbocycles. The van der Waals surface area contributed by atoms with Crippen LogP contribution in [0.1, 0.15) is 33.5 Å². The second-order valence-corrected chi connectivity index (χ2v) is 9.64. The van der Waals surface area contributed by atoms with E-state index in [2.05, 4.69) is 5.32 Å². The molecule has 2 aliphatic rings. The molecule has 1 unspecified atom stereocenters. The average molecular weight is 583 g/mol. The van der Waals surface area contributed by atoms with Crippen molar-refractivity contribution < 1.29 is 45.5 Å². The molecule has 0 radical (unpaired) electrons. The van der Waals surface area contributed by atoms with Gasteiger partial charge in [-0.15, -0.1) is 0 Å². The highest BCUT2D eigenvalue weighted by molar-refractivity contribution is 6.34. The quantitative estimate of drug-likeness (QED) is 0.442. The van der Waals surface area contributed by atoms with Gasteiger partial charge in [0.2, 0.25) is 5.60 Å². The van der Waals surface area contributed by atoms with Crippen LogP contribution in [0.3, 0.4) is 0 Å². The minimum Gasteiger partial charge on any atom is -0.480 e. The zero-order chi connectivity index (χ0) is 28.0. The summed E-state index contributed by atoms with van der Waals surface area (Å²) < 4.78 is 85.6. The topological polar surface area (TPSA) is 67.9 Å². The third kappa shape index (κ3) is 5.57. The Morgan fingerprint density at radius 3 is 2.34 bits per heavy atom. The zero-order valence-corrected chi connectivity index (χ0v) is 20.9. The fourth-order valence-corrected chi connectivity index (χ4v) is 4.72. The van der Waals surface area contributed by atoms with Crippen LogP contribution >= 0.6 is 23.2 Å². The lowest BCUT2D eigenvalue weighted by atomic mass is 9.85. The third-order valence-electron chi connectivity index (χ3n) is 6.04. The van der Waals surface area contributed by atoms with Gasteiger partial charge in [-0.2, -0.15) is 26.3 Å². The van der Waals surface area contributed by atoms with E-state index in [0.717, 1.165) is 18.4 Å². The van der Waals surface area contributed by atoms with Crippen molar-refractivity contribution in [2.45, 2.75) is 37.3 Å². The molecule has 38 heavy (non-hydrogen) atoms. The van der Waals surface area contributed by atoms with Crippen molar-refractivity contribution in [3.05, 3.63) is 75.0 Å². The van der Waals surface area contributed by atoms with Gasteiger partial charge in [-0.05, 0) is 47.9 Å². The van der Waals surface area contributed by atoms with E-state index in [0.29, 0.717) is 11.1 Å². The van der Waals surface area contributed by atoms with Gasteiger partial charge in [0.25, 0.3) is 11.8 Å². The number of amides is 2. The summed E-state index contributed by atoms with van der Waals surface area (Å²) in [6, 6.07) is 6.42. The van der Waals surface area contributed by atoms with E-state index >= 15 is 0 Å². The lowest BCUT2D eigenvalue weighted by molar-refractivity contribution is -0.260. The Labute approximate surface area is 222 Å². The largest absolute Gasteiger partial charge is 0.480 e. The normalized spacial score (nSPS) is 21.9. The zero-order valence-electron chi connectivity index (χ0n) is 19.3. The van der Waals surface area contributed by atoms with Crippen molar-refractivity contribution in [1.29, 1.82) is 0 Å². The van der Waals surface area contributed by atoms with Gasteiger partial charge in [0.1, 0.15) is 19.2 Å². The SMILES string of the molecule is Cc1cc(C2=COC(c3cc(Cl)cc(Cl)c3)(C(F)(F)F)C2)ccc1C(=O)N[C@H]1CON(CC(F)(F)F)C1=O. The molecule has 4 rings (SSSR count). The first-order chi connectivity index (χ1) is 17.6. The first kappa shape index (κ1) is 28.1. The van der Waals surface area contributed by atoms with Crippen molar-refractivity contribution in [2.75, 3.05) is 13.2 Å². The predicted molar refractivity (Wildman–Crippen MR) is 124 cm³/mol. The summed E-state index contributed by atoms with van der Waals surface area (Å²) in [6.07, 6.45) is -9.12. The number of nitrogens with one attached hydrogen (secondary N) is 1. The van der Waals surface area contributed by atoms with Gasteiger partial charge >= 0.3 is 12.4 Å². The van der Waals surface area contributed by atoms with E-state index in [-0.39, 0.29) is 31.8 Å². The molecule has 0 aliphatic carbocycles. The lowest BCUT2D eigenvalue weighted by Crippen LogP contribution is -2.44. The van der Waals surface area contributed by atoms with Crippen molar-refractivity contribution in [3.8, 4) is 0 Å². The molecule has 204 valence electrons. The van der Waals surface area contributed by atoms with Crippen LogP contribution in [0, 0.1) is 6.92 Å². The van der Waals surface area contributed by atoms with Crippen LogP contribution in [-0.2, 0) is 20.0 Å². The molecule has 6 nitrogen and oxygen atoms in total. The summed E-state index contributed by atoms with van der Waals surface area (Å²) in [6.45, 7) is -0.579. The minimum absolute atomic E-state index is 0.00653. The van der Waals surface area contributed by atoms with Crippen LogP contribution in [-0.4, -0.2) is 48.4 Å². The number of hydroxylamine groups is 2. The lowest BCUT2D eigenvalue weighted by Gasteiger charge is -2.32. The highest BCUT2D eigenvalue weighted by Crippen LogP contribution is 2.52. The second-order valence-electron chi connectivity index (χ2n) is 8.76. The first-order valence-corrected chi connectivity index (χ1v) is 11.7. The molecule has 1 N–H and O–H groups in total. The highest BCUT2D eigenvalue weighted by atomic mass is 35.5. The maximum Gasteiger partial charge on any atom is 0.432 e. The first-order valence-electron chi connectivity index (χ1n) is 10.9. The Hall–Kier alpha value is -2.96. The molecule has 2 atom stereocenters. The Kier molecular flexibility index (Phi) is 7.36. The summed E-state index contributed by atoms with van der Waals surface area (Å²) in [4.78, 5) is 29.5. The van der Waals surface area contributed by atoms with Crippen molar-refractivity contribution in [1.82, 2.24) is 10.4 Å².